The summed E-state index contributed by atoms with van der Waals surface area (Å²) in [6, 6.07) is 22.7. The SMILES string of the molecule is COC1(OC)CC(N)(c2ccc(-n3nc(-c4cn(C)cn4)[n+]4ccc5ncc(-c6ccccc6)cc5c34)cc2)C1. The van der Waals surface area contributed by atoms with Crippen molar-refractivity contribution in [1.82, 2.24) is 24.3 Å². The molecule has 2 aromatic carbocycles. The van der Waals surface area contributed by atoms with Crippen LogP contribution in [-0.4, -0.2) is 44.3 Å². The van der Waals surface area contributed by atoms with E-state index >= 15 is 0 Å². The number of pyridine rings is 2. The summed E-state index contributed by atoms with van der Waals surface area (Å²) in [7, 11) is 5.28. The summed E-state index contributed by atoms with van der Waals surface area (Å²) in [5.74, 6) is 0.119. The van der Waals surface area contributed by atoms with Gasteiger partial charge >= 0.3 is 5.82 Å². The lowest BCUT2D eigenvalue weighted by atomic mass is 9.68. The minimum absolute atomic E-state index is 0.508. The second kappa shape index (κ2) is 9.06. The van der Waals surface area contributed by atoms with Gasteiger partial charge in [-0.2, -0.15) is 4.40 Å². The number of aryl methyl sites for hydroxylation is 1. The quantitative estimate of drug-likeness (QED) is 0.256. The van der Waals surface area contributed by atoms with Gasteiger partial charge in [0.05, 0.1) is 34.1 Å². The Morgan fingerprint density at radius 1 is 0.925 bits per heavy atom. The standard InChI is InChI=1S/C31H30N7O2/c1-36-17-27(34-20-36)28-35-38(24-11-9-23(10-12-24)30(32)18-31(19-30,39-2)40-3)29-25-15-22(21-7-5-4-6-8-21)16-33-26(25)13-14-37(28)29/h4-17,20H,18-19,32H2,1-3H3/q+1. The van der Waals surface area contributed by atoms with Crippen LogP contribution >= 0.6 is 0 Å². The fraction of sp³-hybridized carbons (Fsp3) is 0.226. The van der Waals surface area contributed by atoms with Gasteiger partial charge in [-0.25, -0.2) is 4.98 Å². The van der Waals surface area contributed by atoms with Gasteiger partial charge in [0.25, 0.3) is 5.65 Å². The molecule has 1 aliphatic rings. The average Bonchev–Trinajstić information content (AvgIpc) is 3.59. The number of hydrogen-bond acceptors (Lipinski definition) is 6. The van der Waals surface area contributed by atoms with E-state index in [2.05, 4.69) is 51.8 Å². The van der Waals surface area contributed by atoms with Gasteiger partial charge in [0.15, 0.2) is 11.5 Å². The third kappa shape index (κ3) is 3.82. The molecule has 0 spiro atoms. The van der Waals surface area contributed by atoms with E-state index in [0.29, 0.717) is 12.8 Å². The molecule has 1 aliphatic carbocycles. The Balaban J connectivity index is 1.39. The number of fused-ring (bicyclic) bond motifs is 3. The highest BCUT2D eigenvalue weighted by Gasteiger charge is 2.54. The molecular formula is C31H30N7O2+. The molecule has 0 amide bonds. The van der Waals surface area contributed by atoms with E-state index in [9.17, 15) is 0 Å². The van der Waals surface area contributed by atoms with Crippen LogP contribution in [-0.2, 0) is 22.1 Å². The second-order valence-electron chi connectivity index (χ2n) is 10.6. The number of ether oxygens (including phenoxy) is 2. The maximum absolute atomic E-state index is 6.75. The van der Waals surface area contributed by atoms with Crippen molar-refractivity contribution in [2.75, 3.05) is 14.2 Å². The number of nitrogens with two attached hydrogens (primary N) is 1. The summed E-state index contributed by atoms with van der Waals surface area (Å²) < 4.78 is 17.1. The Morgan fingerprint density at radius 2 is 1.68 bits per heavy atom. The first-order valence-electron chi connectivity index (χ1n) is 13.2. The molecule has 0 saturated heterocycles. The molecule has 7 rings (SSSR count). The summed E-state index contributed by atoms with van der Waals surface area (Å²) >= 11 is 0. The largest absolute Gasteiger partial charge is 0.353 e. The van der Waals surface area contributed by atoms with Crippen LogP contribution in [0.4, 0.5) is 0 Å². The van der Waals surface area contributed by atoms with Gasteiger partial charge in [0.1, 0.15) is 5.69 Å². The molecule has 0 bridgehead atoms. The molecule has 2 N–H and O–H groups in total. The molecule has 40 heavy (non-hydrogen) atoms. The first kappa shape index (κ1) is 24.6. The number of imidazole rings is 1. The van der Waals surface area contributed by atoms with Gasteiger partial charge in [-0.15, -0.1) is 0 Å². The molecule has 9 heteroatoms. The fourth-order valence-electron chi connectivity index (χ4n) is 5.80. The highest BCUT2D eigenvalue weighted by Crippen LogP contribution is 2.48. The van der Waals surface area contributed by atoms with Crippen molar-refractivity contribution < 1.29 is 13.9 Å². The molecule has 4 aromatic heterocycles. The lowest BCUT2D eigenvalue weighted by molar-refractivity contribution is -0.498. The van der Waals surface area contributed by atoms with Crippen molar-refractivity contribution in [3.8, 4) is 28.3 Å². The number of benzene rings is 2. The molecule has 0 atom stereocenters. The third-order valence-electron chi connectivity index (χ3n) is 8.03. The Morgan fingerprint density at radius 3 is 2.35 bits per heavy atom. The maximum atomic E-state index is 6.75. The van der Waals surface area contributed by atoms with E-state index < -0.39 is 11.3 Å². The lowest BCUT2D eigenvalue weighted by Gasteiger charge is -2.52. The zero-order valence-corrected chi connectivity index (χ0v) is 22.7. The molecular weight excluding hydrogens is 502 g/mol. The van der Waals surface area contributed by atoms with E-state index in [-0.39, 0.29) is 0 Å². The fourth-order valence-corrected chi connectivity index (χ4v) is 5.80. The van der Waals surface area contributed by atoms with Crippen LogP contribution in [0.2, 0.25) is 0 Å². The molecule has 200 valence electrons. The highest BCUT2D eigenvalue weighted by molar-refractivity contribution is 5.93. The minimum atomic E-state index is -0.623. The normalized spacial score (nSPS) is 15.9. The van der Waals surface area contributed by atoms with Crippen LogP contribution in [0.25, 0.3) is 44.9 Å². The van der Waals surface area contributed by atoms with Gasteiger partial charge in [0.2, 0.25) is 0 Å². The third-order valence-corrected chi connectivity index (χ3v) is 8.03. The Kier molecular flexibility index (Phi) is 5.57. The smallest absolute Gasteiger partial charge is 0.334 e. The first-order chi connectivity index (χ1) is 19.4. The minimum Gasteiger partial charge on any atom is -0.353 e. The predicted octanol–water partition coefficient (Wildman–Crippen LogP) is 4.16. The summed E-state index contributed by atoms with van der Waals surface area (Å²) in [6.07, 6.45) is 8.86. The maximum Gasteiger partial charge on any atom is 0.334 e. The van der Waals surface area contributed by atoms with Crippen LogP contribution in [0.3, 0.4) is 0 Å². The van der Waals surface area contributed by atoms with Crippen molar-refractivity contribution >= 4 is 16.6 Å². The molecule has 1 saturated carbocycles. The number of aromatic nitrogens is 6. The molecule has 0 radical (unpaired) electrons. The van der Waals surface area contributed by atoms with Gasteiger partial charge < -0.3 is 19.8 Å². The zero-order valence-electron chi connectivity index (χ0n) is 22.7. The average molecular weight is 533 g/mol. The van der Waals surface area contributed by atoms with Crippen LogP contribution in [0.1, 0.15) is 18.4 Å². The molecule has 1 fully saturated rings. The summed E-state index contributed by atoms with van der Waals surface area (Å²) in [4.78, 5) is 9.40. The van der Waals surface area contributed by atoms with Crippen molar-refractivity contribution in [3.05, 3.63) is 97.2 Å². The Labute approximate surface area is 231 Å². The summed E-state index contributed by atoms with van der Waals surface area (Å²) in [5, 5.41) is 6.06. The number of hydrogen-bond donors (Lipinski definition) is 1. The monoisotopic (exact) mass is 532 g/mol. The first-order valence-corrected chi connectivity index (χ1v) is 13.2. The van der Waals surface area contributed by atoms with Crippen LogP contribution in [0.15, 0.2) is 91.6 Å². The van der Waals surface area contributed by atoms with Crippen LogP contribution < -0.4 is 10.1 Å². The Bertz CT molecular complexity index is 1850. The van der Waals surface area contributed by atoms with E-state index in [4.69, 9.17) is 25.3 Å². The zero-order chi connectivity index (χ0) is 27.5. The molecule has 0 unspecified atom stereocenters. The summed E-state index contributed by atoms with van der Waals surface area (Å²) in [6.45, 7) is 0. The van der Waals surface area contributed by atoms with Gasteiger partial charge in [-0.1, -0.05) is 47.1 Å². The second-order valence-corrected chi connectivity index (χ2v) is 10.6. The summed E-state index contributed by atoms with van der Waals surface area (Å²) in [5.41, 5.74) is 12.9. The predicted molar refractivity (Wildman–Crippen MR) is 152 cm³/mol. The van der Waals surface area contributed by atoms with Crippen LogP contribution in [0.5, 0.6) is 0 Å². The van der Waals surface area contributed by atoms with E-state index in [1.165, 1.54) is 0 Å². The van der Waals surface area contributed by atoms with Crippen molar-refractivity contribution in [3.63, 3.8) is 0 Å². The number of rotatable bonds is 6. The van der Waals surface area contributed by atoms with E-state index in [1.54, 1.807) is 20.5 Å². The topological polar surface area (TPSA) is 97.1 Å². The van der Waals surface area contributed by atoms with Gasteiger partial charge in [0, 0.05) is 52.1 Å². The molecule has 9 nitrogen and oxygen atoms in total. The van der Waals surface area contributed by atoms with Crippen molar-refractivity contribution in [2.24, 2.45) is 12.8 Å². The molecule has 4 heterocycles. The number of methoxy groups -OCH3 is 2. The Hall–Kier alpha value is -4.44. The van der Waals surface area contributed by atoms with E-state index in [1.807, 2.05) is 59.2 Å². The lowest BCUT2D eigenvalue weighted by Crippen LogP contribution is -2.61. The molecule has 0 aliphatic heterocycles. The van der Waals surface area contributed by atoms with Crippen molar-refractivity contribution in [1.29, 1.82) is 0 Å². The molecule has 6 aromatic rings. The van der Waals surface area contributed by atoms with Crippen molar-refractivity contribution in [2.45, 2.75) is 24.2 Å². The van der Waals surface area contributed by atoms with E-state index in [0.717, 1.165) is 50.4 Å². The van der Waals surface area contributed by atoms with Crippen LogP contribution in [0, 0.1) is 0 Å². The highest BCUT2D eigenvalue weighted by atomic mass is 16.7. The van der Waals surface area contributed by atoms with Gasteiger partial charge in [-0.05, 0) is 35.4 Å². The van der Waals surface area contributed by atoms with Gasteiger partial charge in [-0.3, -0.25) is 4.98 Å². The number of nitrogens with zero attached hydrogens (tertiary/aromatic N) is 6.